The summed E-state index contributed by atoms with van der Waals surface area (Å²) in [4.78, 5) is 17.7. The minimum atomic E-state index is -1.27. The molecule has 1 N–H and O–H groups in total. The van der Waals surface area contributed by atoms with Gasteiger partial charge in [0.05, 0.1) is 29.8 Å². The molecule has 0 fully saturated rings. The van der Waals surface area contributed by atoms with Crippen LogP contribution in [0.2, 0.25) is 30.7 Å². The molecule has 0 aliphatic carbocycles. The Labute approximate surface area is 250 Å². The van der Waals surface area contributed by atoms with Crippen LogP contribution in [0.1, 0.15) is 59.7 Å². The van der Waals surface area contributed by atoms with Crippen LogP contribution in [0.3, 0.4) is 0 Å². The molecular weight excluding hydrogens is 546 g/mol. The minimum absolute atomic E-state index is 0.151. The lowest BCUT2D eigenvalue weighted by Crippen LogP contribution is -2.24. The van der Waals surface area contributed by atoms with E-state index in [1.807, 2.05) is 91.9 Å². The van der Waals surface area contributed by atoms with Gasteiger partial charge in [0.1, 0.15) is 0 Å². The maximum Gasteiger partial charge on any atom is 0.313 e. The van der Waals surface area contributed by atoms with Crippen molar-refractivity contribution in [3.05, 3.63) is 112 Å². The molecule has 4 aromatic rings. The first-order chi connectivity index (χ1) is 19.6. The maximum absolute atomic E-state index is 13.0. The Balaban J connectivity index is 1.41. The molecule has 0 aliphatic heterocycles. The molecule has 1 heterocycles. The van der Waals surface area contributed by atoms with E-state index in [1.54, 1.807) is 0 Å². The van der Waals surface area contributed by atoms with E-state index in [0.29, 0.717) is 30.9 Å². The fourth-order valence-corrected chi connectivity index (χ4v) is 5.76. The first-order valence-electron chi connectivity index (χ1n) is 14.4. The van der Waals surface area contributed by atoms with Crippen LogP contribution in [0, 0.1) is 0 Å². The third kappa shape index (κ3) is 8.86. The lowest BCUT2D eigenvalue weighted by molar-refractivity contribution is -0.145. The second kappa shape index (κ2) is 14.1. The van der Waals surface area contributed by atoms with Crippen molar-refractivity contribution in [2.24, 2.45) is 0 Å². The fraction of sp³-hybridized carbons (Fsp3) is 0.314. The minimum Gasteiger partial charge on any atom is -0.466 e. The summed E-state index contributed by atoms with van der Waals surface area (Å²) in [6, 6.07) is 26.7. The van der Waals surface area contributed by atoms with Crippen LogP contribution in [0.5, 0.6) is 0 Å². The predicted molar refractivity (Wildman–Crippen MR) is 174 cm³/mol. The smallest absolute Gasteiger partial charge is 0.313 e. The molecule has 6 heteroatoms. The van der Waals surface area contributed by atoms with Gasteiger partial charge in [-0.15, -0.1) is 0 Å². The van der Waals surface area contributed by atoms with E-state index in [2.05, 4.69) is 30.7 Å². The number of halogens is 1. The van der Waals surface area contributed by atoms with Gasteiger partial charge in [-0.2, -0.15) is 0 Å². The number of hydrogen-bond donors (Lipinski definition) is 1. The van der Waals surface area contributed by atoms with Gasteiger partial charge in [0.25, 0.3) is 0 Å². The molecule has 1 aromatic heterocycles. The van der Waals surface area contributed by atoms with Crippen molar-refractivity contribution >= 4 is 48.7 Å². The van der Waals surface area contributed by atoms with Crippen molar-refractivity contribution < 1.29 is 14.6 Å². The summed E-state index contributed by atoms with van der Waals surface area (Å²) in [5, 5.41) is 12.8. The molecule has 0 radical (unpaired) electrons. The summed E-state index contributed by atoms with van der Waals surface area (Å²) in [6.45, 7) is 9.36. The number of pyridine rings is 1. The first-order valence-corrected chi connectivity index (χ1v) is 18.5. The Morgan fingerprint density at radius 2 is 1.78 bits per heavy atom. The highest BCUT2D eigenvalue weighted by molar-refractivity contribution is 6.76. The number of aliphatic hydroxyl groups excluding tert-OH is 1. The number of ether oxygens (including phenoxy) is 1. The highest BCUT2D eigenvalue weighted by Crippen LogP contribution is 2.29. The molecule has 214 valence electrons. The fourth-order valence-electron chi connectivity index (χ4n) is 4.88. The molecular formula is C35H40ClNO3Si. The van der Waals surface area contributed by atoms with E-state index in [-0.39, 0.29) is 11.9 Å². The van der Waals surface area contributed by atoms with Crippen LogP contribution >= 0.6 is 11.6 Å². The second-order valence-electron chi connectivity index (χ2n) is 11.8. The number of carbonyl (C=O) groups excluding carboxylic acids is 1. The Bertz CT molecular complexity index is 1510. The summed E-state index contributed by atoms with van der Waals surface area (Å²) >= 11 is 6.13. The summed E-state index contributed by atoms with van der Waals surface area (Å²) < 4.78 is 5.70. The first kappa shape index (κ1) is 30.7. The molecule has 0 amide bonds. The Hall–Kier alpha value is -3.25. The molecule has 0 bridgehead atoms. The number of fused-ring (bicyclic) bond motifs is 1. The standard InChI is InChI=1S/C35H40ClNO3Si/c1-5-31(35(39)40-21-22-41(2,3)4)32-12-7-6-10-26(32)16-20-34(38)28-11-8-9-25(23-28)13-18-30-19-15-27-14-17-29(36)24-33(27)37-30/h6-15,17-19,23-24,31,34,38H,5,16,20-22H2,1-4H3/t31?,34-/m1/s1. The average molecular weight is 586 g/mol. The van der Waals surface area contributed by atoms with Gasteiger partial charge in [0.15, 0.2) is 0 Å². The number of rotatable bonds is 12. The van der Waals surface area contributed by atoms with Crippen molar-refractivity contribution in [2.45, 2.75) is 63.9 Å². The average Bonchev–Trinajstić information content (AvgIpc) is 2.95. The van der Waals surface area contributed by atoms with Crippen LogP contribution in [-0.4, -0.2) is 30.7 Å². The number of aromatic nitrogens is 1. The molecule has 0 saturated carbocycles. The van der Waals surface area contributed by atoms with E-state index < -0.39 is 14.2 Å². The number of hydrogen-bond acceptors (Lipinski definition) is 4. The number of nitrogens with zero attached hydrogens (tertiary/aromatic N) is 1. The number of aliphatic hydroxyl groups is 1. The molecule has 41 heavy (non-hydrogen) atoms. The lowest BCUT2D eigenvalue weighted by Gasteiger charge is -2.21. The van der Waals surface area contributed by atoms with Gasteiger partial charge in [-0.1, -0.05) is 98.8 Å². The monoisotopic (exact) mass is 585 g/mol. The zero-order valence-corrected chi connectivity index (χ0v) is 26.2. The highest BCUT2D eigenvalue weighted by atomic mass is 35.5. The zero-order valence-electron chi connectivity index (χ0n) is 24.4. The molecule has 2 atom stereocenters. The quantitative estimate of drug-likeness (QED) is 0.133. The summed E-state index contributed by atoms with van der Waals surface area (Å²) in [6.07, 6.45) is 5.25. The van der Waals surface area contributed by atoms with Crippen molar-refractivity contribution in [1.29, 1.82) is 0 Å². The van der Waals surface area contributed by atoms with Gasteiger partial charge >= 0.3 is 5.97 Å². The van der Waals surface area contributed by atoms with E-state index in [0.717, 1.165) is 44.9 Å². The Morgan fingerprint density at radius 3 is 2.56 bits per heavy atom. The highest BCUT2D eigenvalue weighted by Gasteiger charge is 2.24. The van der Waals surface area contributed by atoms with Gasteiger partial charge in [0, 0.05) is 18.5 Å². The van der Waals surface area contributed by atoms with Crippen molar-refractivity contribution in [3.8, 4) is 0 Å². The number of aryl methyl sites for hydroxylation is 1. The predicted octanol–water partition coefficient (Wildman–Crippen LogP) is 9.10. The zero-order chi connectivity index (χ0) is 29.4. The van der Waals surface area contributed by atoms with Gasteiger partial charge in [-0.3, -0.25) is 4.79 Å². The molecule has 4 rings (SSSR count). The SMILES string of the molecule is CCC(C(=O)OCC[Si](C)(C)C)c1ccccc1CC[C@@H](O)c1cccc(C=Cc2ccc3ccc(Cl)cc3n2)c1. The second-order valence-corrected chi connectivity index (χ2v) is 17.8. The van der Waals surface area contributed by atoms with Crippen LogP contribution in [0.25, 0.3) is 23.1 Å². The number of esters is 1. The van der Waals surface area contributed by atoms with E-state index in [1.165, 1.54) is 0 Å². The molecule has 1 unspecified atom stereocenters. The molecule has 3 aromatic carbocycles. The molecule has 0 saturated heterocycles. The molecule has 4 nitrogen and oxygen atoms in total. The van der Waals surface area contributed by atoms with Gasteiger partial charge in [0.2, 0.25) is 0 Å². The van der Waals surface area contributed by atoms with Crippen LogP contribution in [0.15, 0.2) is 78.9 Å². The van der Waals surface area contributed by atoms with Crippen molar-refractivity contribution in [1.82, 2.24) is 4.98 Å². The molecule has 0 spiro atoms. The third-order valence-electron chi connectivity index (χ3n) is 7.32. The number of carbonyl (C=O) groups is 1. The normalized spacial score (nSPS) is 13.4. The lowest BCUT2D eigenvalue weighted by atomic mass is 9.89. The third-order valence-corrected chi connectivity index (χ3v) is 9.26. The summed E-state index contributed by atoms with van der Waals surface area (Å²) in [5.74, 6) is -0.444. The van der Waals surface area contributed by atoms with E-state index >= 15 is 0 Å². The van der Waals surface area contributed by atoms with Crippen LogP contribution in [0.4, 0.5) is 0 Å². The summed E-state index contributed by atoms with van der Waals surface area (Å²) in [5.41, 5.74) is 5.63. The van der Waals surface area contributed by atoms with Crippen LogP contribution in [-0.2, 0) is 16.0 Å². The van der Waals surface area contributed by atoms with Gasteiger partial charge in [-0.25, -0.2) is 4.98 Å². The van der Waals surface area contributed by atoms with Crippen molar-refractivity contribution in [2.75, 3.05) is 6.61 Å². The van der Waals surface area contributed by atoms with Gasteiger partial charge < -0.3 is 9.84 Å². The Morgan fingerprint density at radius 1 is 1.00 bits per heavy atom. The topological polar surface area (TPSA) is 59.4 Å². The van der Waals surface area contributed by atoms with Gasteiger partial charge in [-0.05, 0) is 77.9 Å². The Kier molecular flexibility index (Phi) is 10.5. The van der Waals surface area contributed by atoms with E-state index in [9.17, 15) is 9.90 Å². The number of benzene rings is 3. The maximum atomic E-state index is 13.0. The molecule has 0 aliphatic rings. The largest absolute Gasteiger partial charge is 0.466 e. The van der Waals surface area contributed by atoms with Crippen LogP contribution < -0.4 is 0 Å². The summed E-state index contributed by atoms with van der Waals surface area (Å²) in [7, 11) is -1.27. The van der Waals surface area contributed by atoms with E-state index in [4.69, 9.17) is 16.3 Å². The van der Waals surface area contributed by atoms with Crippen molar-refractivity contribution in [3.63, 3.8) is 0 Å².